The molecule has 3 aliphatic rings. The van der Waals surface area contributed by atoms with Crippen molar-refractivity contribution >= 4 is 16.9 Å². The number of nitrogens with zero attached hydrogens (tertiary/aromatic N) is 2. The summed E-state index contributed by atoms with van der Waals surface area (Å²) in [5.74, 6) is 1.25. The molecule has 2 aliphatic heterocycles. The molecule has 0 aromatic rings. The quantitative estimate of drug-likeness (QED) is 0.862. The van der Waals surface area contributed by atoms with E-state index in [0.29, 0.717) is 5.54 Å². The highest BCUT2D eigenvalue weighted by Crippen LogP contribution is 2.36. The molecule has 2 saturated heterocycles. The standard InChI is InChI=1S/C15H27N3S/c1-3-7-15(8-4-1)13-19-14(17-15)16-9-12-18-10-5-2-6-11-18/h1-13H2,(H,16,17). The van der Waals surface area contributed by atoms with Gasteiger partial charge in [0.25, 0.3) is 0 Å². The van der Waals surface area contributed by atoms with Gasteiger partial charge in [0.1, 0.15) is 0 Å². The lowest BCUT2D eigenvalue weighted by Crippen LogP contribution is -2.45. The highest BCUT2D eigenvalue weighted by atomic mass is 32.2. The highest BCUT2D eigenvalue weighted by Gasteiger charge is 2.37. The van der Waals surface area contributed by atoms with E-state index < -0.39 is 0 Å². The smallest absolute Gasteiger partial charge is 0.157 e. The number of hydrogen-bond acceptors (Lipinski definition) is 3. The fourth-order valence-corrected chi connectivity index (χ4v) is 4.81. The zero-order valence-corrected chi connectivity index (χ0v) is 12.8. The van der Waals surface area contributed by atoms with E-state index in [1.165, 1.54) is 75.4 Å². The number of aliphatic imine (C=N–C) groups is 1. The number of likely N-dealkylation sites (tertiary alicyclic amines) is 1. The number of hydrogen-bond donors (Lipinski definition) is 1. The second kappa shape index (κ2) is 6.49. The predicted octanol–water partition coefficient (Wildman–Crippen LogP) is 2.87. The van der Waals surface area contributed by atoms with Gasteiger partial charge in [-0.1, -0.05) is 37.4 Å². The van der Waals surface area contributed by atoms with Gasteiger partial charge < -0.3 is 10.2 Å². The maximum Gasteiger partial charge on any atom is 0.157 e. The molecule has 1 aliphatic carbocycles. The van der Waals surface area contributed by atoms with E-state index in [1.807, 2.05) is 11.8 Å². The number of rotatable bonds is 3. The summed E-state index contributed by atoms with van der Waals surface area (Å²) in [5, 5.41) is 4.96. The van der Waals surface area contributed by atoms with Crippen LogP contribution in [0.15, 0.2) is 4.99 Å². The van der Waals surface area contributed by atoms with Crippen LogP contribution in [-0.2, 0) is 0 Å². The summed E-state index contributed by atoms with van der Waals surface area (Å²) in [6.07, 6.45) is 11.1. The second-order valence-corrected chi connectivity index (χ2v) is 7.31. The van der Waals surface area contributed by atoms with Gasteiger partial charge in [-0.15, -0.1) is 0 Å². The van der Waals surface area contributed by atoms with E-state index in [1.54, 1.807) is 0 Å². The highest BCUT2D eigenvalue weighted by molar-refractivity contribution is 8.14. The Morgan fingerprint density at radius 1 is 1.05 bits per heavy atom. The average Bonchev–Trinajstić information content (AvgIpc) is 2.84. The Bertz CT molecular complexity index is 317. The van der Waals surface area contributed by atoms with Crippen LogP contribution in [0.2, 0.25) is 0 Å². The molecule has 108 valence electrons. The topological polar surface area (TPSA) is 27.6 Å². The van der Waals surface area contributed by atoms with Crippen LogP contribution in [0.3, 0.4) is 0 Å². The van der Waals surface area contributed by atoms with Crippen molar-refractivity contribution in [1.82, 2.24) is 10.2 Å². The number of thioether (sulfide) groups is 1. The third kappa shape index (κ3) is 3.66. The van der Waals surface area contributed by atoms with Gasteiger partial charge in [-0.05, 0) is 38.8 Å². The molecule has 1 spiro atoms. The van der Waals surface area contributed by atoms with E-state index in [4.69, 9.17) is 4.99 Å². The number of amidine groups is 1. The monoisotopic (exact) mass is 281 g/mol. The molecule has 19 heavy (non-hydrogen) atoms. The van der Waals surface area contributed by atoms with Crippen molar-refractivity contribution in [3.05, 3.63) is 0 Å². The maximum absolute atomic E-state index is 4.79. The molecular formula is C15H27N3S. The summed E-state index contributed by atoms with van der Waals surface area (Å²) < 4.78 is 0. The summed E-state index contributed by atoms with van der Waals surface area (Å²) >= 11 is 1.95. The Kier molecular flexibility index (Phi) is 4.69. The van der Waals surface area contributed by atoms with Gasteiger partial charge in [-0.3, -0.25) is 4.99 Å². The van der Waals surface area contributed by atoms with Crippen molar-refractivity contribution in [1.29, 1.82) is 0 Å². The van der Waals surface area contributed by atoms with Crippen LogP contribution >= 0.6 is 11.8 Å². The maximum atomic E-state index is 4.79. The summed E-state index contributed by atoms with van der Waals surface area (Å²) in [4.78, 5) is 7.37. The lowest BCUT2D eigenvalue weighted by molar-refractivity contribution is 0.235. The molecule has 0 radical (unpaired) electrons. The first-order valence-corrected chi connectivity index (χ1v) is 9.03. The van der Waals surface area contributed by atoms with Crippen LogP contribution < -0.4 is 5.32 Å². The molecule has 0 aromatic heterocycles. The van der Waals surface area contributed by atoms with Crippen LogP contribution in [0.1, 0.15) is 51.4 Å². The van der Waals surface area contributed by atoms with E-state index in [0.717, 1.165) is 13.1 Å². The minimum absolute atomic E-state index is 0.410. The lowest BCUT2D eigenvalue weighted by Gasteiger charge is -2.32. The first-order valence-electron chi connectivity index (χ1n) is 8.04. The fourth-order valence-electron chi connectivity index (χ4n) is 3.56. The Balaban J connectivity index is 1.43. The summed E-state index contributed by atoms with van der Waals surface area (Å²) in [7, 11) is 0. The number of piperidine rings is 1. The van der Waals surface area contributed by atoms with Crippen molar-refractivity contribution in [2.24, 2.45) is 4.99 Å². The molecule has 1 saturated carbocycles. The molecule has 2 heterocycles. The minimum Gasteiger partial charge on any atom is -0.359 e. The van der Waals surface area contributed by atoms with Gasteiger partial charge in [-0.25, -0.2) is 0 Å². The van der Waals surface area contributed by atoms with E-state index >= 15 is 0 Å². The van der Waals surface area contributed by atoms with Crippen LogP contribution in [0, 0.1) is 0 Å². The van der Waals surface area contributed by atoms with Crippen molar-refractivity contribution in [3.8, 4) is 0 Å². The van der Waals surface area contributed by atoms with E-state index in [9.17, 15) is 0 Å². The zero-order chi connectivity index (χ0) is 13.0. The van der Waals surface area contributed by atoms with Crippen LogP contribution in [-0.4, -0.2) is 47.5 Å². The molecule has 3 rings (SSSR count). The first-order chi connectivity index (χ1) is 9.36. The van der Waals surface area contributed by atoms with Crippen LogP contribution in [0.4, 0.5) is 0 Å². The van der Waals surface area contributed by atoms with Crippen molar-refractivity contribution in [2.75, 3.05) is 31.9 Å². The molecule has 1 N–H and O–H groups in total. The molecule has 0 aromatic carbocycles. The van der Waals surface area contributed by atoms with Crippen LogP contribution in [0.25, 0.3) is 0 Å². The minimum atomic E-state index is 0.410. The predicted molar refractivity (Wildman–Crippen MR) is 84.0 cm³/mol. The third-order valence-electron chi connectivity index (χ3n) is 4.79. The Hall–Kier alpha value is -0.220. The molecule has 3 fully saturated rings. The second-order valence-electron chi connectivity index (χ2n) is 6.34. The van der Waals surface area contributed by atoms with Gasteiger partial charge in [0.2, 0.25) is 0 Å². The Labute approximate surface area is 121 Å². The summed E-state index contributed by atoms with van der Waals surface area (Å²) in [5.41, 5.74) is 0.410. The molecule has 4 heteroatoms. The molecule has 0 unspecified atom stereocenters. The van der Waals surface area contributed by atoms with E-state index in [2.05, 4.69) is 10.2 Å². The molecule has 3 nitrogen and oxygen atoms in total. The van der Waals surface area contributed by atoms with Gasteiger partial charge in [-0.2, -0.15) is 0 Å². The first kappa shape index (κ1) is 13.7. The largest absolute Gasteiger partial charge is 0.359 e. The third-order valence-corrected chi connectivity index (χ3v) is 5.99. The molecule has 0 atom stereocenters. The van der Waals surface area contributed by atoms with Gasteiger partial charge in [0.15, 0.2) is 5.17 Å². The normalized spacial score (nSPS) is 29.8. The zero-order valence-electron chi connectivity index (χ0n) is 12.0. The summed E-state index contributed by atoms with van der Waals surface area (Å²) in [6.45, 7) is 4.70. The van der Waals surface area contributed by atoms with Gasteiger partial charge >= 0.3 is 0 Å². The van der Waals surface area contributed by atoms with Gasteiger partial charge in [0.05, 0.1) is 6.54 Å². The average molecular weight is 281 g/mol. The van der Waals surface area contributed by atoms with Crippen molar-refractivity contribution in [3.63, 3.8) is 0 Å². The lowest BCUT2D eigenvalue weighted by atomic mass is 9.83. The molecule has 0 bridgehead atoms. The van der Waals surface area contributed by atoms with Crippen molar-refractivity contribution in [2.45, 2.75) is 56.9 Å². The Morgan fingerprint density at radius 2 is 1.79 bits per heavy atom. The fraction of sp³-hybridized carbons (Fsp3) is 0.933. The SMILES string of the molecule is C1CCN(CCN=C2NC3(CCCCC3)CS2)CC1. The Morgan fingerprint density at radius 3 is 2.58 bits per heavy atom. The van der Waals surface area contributed by atoms with Gasteiger partial charge in [0, 0.05) is 17.8 Å². The van der Waals surface area contributed by atoms with Crippen LogP contribution in [0.5, 0.6) is 0 Å². The molecule has 0 amide bonds. The van der Waals surface area contributed by atoms with Crippen molar-refractivity contribution < 1.29 is 0 Å². The summed E-state index contributed by atoms with van der Waals surface area (Å²) in [6, 6.07) is 0. The number of nitrogens with one attached hydrogen (secondary N) is 1. The van der Waals surface area contributed by atoms with E-state index in [-0.39, 0.29) is 0 Å². The molecular weight excluding hydrogens is 254 g/mol.